The van der Waals surface area contributed by atoms with Crippen molar-refractivity contribution in [1.82, 2.24) is 23.7 Å². The molecule has 0 unspecified atom stereocenters. The van der Waals surface area contributed by atoms with E-state index in [0.717, 1.165) is 42.0 Å². The van der Waals surface area contributed by atoms with Crippen LogP contribution < -0.4 is 5.56 Å². The Morgan fingerprint density at radius 3 is 2.67 bits per heavy atom. The van der Waals surface area contributed by atoms with Gasteiger partial charge in [0.05, 0.1) is 18.0 Å². The number of aliphatic hydroxyl groups is 1. The Hall–Kier alpha value is -3.29. The topological polar surface area (TPSA) is 75.1 Å². The molecule has 7 nitrogen and oxygen atoms in total. The highest BCUT2D eigenvalue weighted by Gasteiger charge is 2.14. The number of pyridine rings is 2. The zero-order valence-corrected chi connectivity index (χ0v) is 16.8. The van der Waals surface area contributed by atoms with E-state index in [1.165, 1.54) is 5.57 Å². The summed E-state index contributed by atoms with van der Waals surface area (Å²) >= 11 is 0. The summed E-state index contributed by atoms with van der Waals surface area (Å²) in [6.07, 6.45) is 8.86. The smallest absolute Gasteiger partial charge is 0.258 e. The molecule has 0 amide bonds. The van der Waals surface area contributed by atoms with E-state index in [4.69, 9.17) is 10.1 Å². The quantitative estimate of drug-likeness (QED) is 0.568. The SMILES string of the molecule is Cc1cn2cc(-c3cc(=O)n4cc(C5=CCN(CCO)CC5)ccc4n3)ccc2n1. The van der Waals surface area contributed by atoms with Gasteiger partial charge < -0.3 is 9.51 Å². The molecule has 0 bridgehead atoms. The summed E-state index contributed by atoms with van der Waals surface area (Å²) in [5.74, 6) is 0. The van der Waals surface area contributed by atoms with Crippen LogP contribution in [-0.4, -0.2) is 55.0 Å². The predicted octanol–water partition coefficient (Wildman–Crippen LogP) is 2.40. The standard InChI is InChI=1S/C23H23N5O2/c1-16-13-27-14-19(3-4-21(27)24-16)20-12-23(30)28-15-18(2-5-22(28)25-20)17-6-8-26(9-7-17)10-11-29/h2-6,12-15,29H,7-11H2,1H3. The van der Waals surface area contributed by atoms with Gasteiger partial charge in [0.25, 0.3) is 5.56 Å². The van der Waals surface area contributed by atoms with Crippen LogP contribution in [0.2, 0.25) is 0 Å². The van der Waals surface area contributed by atoms with E-state index in [9.17, 15) is 4.79 Å². The lowest BCUT2D eigenvalue weighted by Crippen LogP contribution is -2.31. The maximum atomic E-state index is 12.9. The summed E-state index contributed by atoms with van der Waals surface area (Å²) in [6, 6.07) is 9.40. The third kappa shape index (κ3) is 3.42. The fourth-order valence-electron chi connectivity index (χ4n) is 4.03. The second-order valence-corrected chi connectivity index (χ2v) is 7.69. The fourth-order valence-corrected chi connectivity index (χ4v) is 4.03. The highest BCUT2D eigenvalue weighted by Crippen LogP contribution is 2.23. The number of hydrogen-bond donors (Lipinski definition) is 1. The van der Waals surface area contributed by atoms with Gasteiger partial charge in [0.15, 0.2) is 0 Å². The Bertz CT molecular complexity index is 1330. The number of hydrogen-bond acceptors (Lipinski definition) is 5. The van der Waals surface area contributed by atoms with E-state index in [2.05, 4.69) is 16.0 Å². The molecule has 0 fully saturated rings. The number of aromatic nitrogens is 4. The van der Waals surface area contributed by atoms with Crippen molar-refractivity contribution in [3.05, 3.63) is 76.6 Å². The van der Waals surface area contributed by atoms with Crippen LogP contribution in [-0.2, 0) is 0 Å². The van der Waals surface area contributed by atoms with Crippen molar-refractivity contribution in [2.45, 2.75) is 13.3 Å². The van der Waals surface area contributed by atoms with Crippen LogP contribution in [0.3, 0.4) is 0 Å². The monoisotopic (exact) mass is 401 g/mol. The number of fused-ring (bicyclic) bond motifs is 2. The van der Waals surface area contributed by atoms with Crippen molar-refractivity contribution in [2.24, 2.45) is 0 Å². The van der Waals surface area contributed by atoms with Crippen LogP contribution >= 0.6 is 0 Å². The lowest BCUT2D eigenvalue weighted by Gasteiger charge is -2.25. The summed E-state index contributed by atoms with van der Waals surface area (Å²) in [4.78, 5) is 24.2. The van der Waals surface area contributed by atoms with Gasteiger partial charge in [-0.3, -0.25) is 14.1 Å². The van der Waals surface area contributed by atoms with E-state index in [0.29, 0.717) is 17.9 Å². The minimum absolute atomic E-state index is 0.0999. The largest absolute Gasteiger partial charge is 0.395 e. The second kappa shape index (κ2) is 7.51. The fraction of sp³-hybridized carbons (Fsp3) is 0.261. The zero-order chi connectivity index (χ0) is 20.7. The Kier molecular flexibility index (Phi) is 4.69. The molecule has 4 aromatic rings. The van der Waals surface area contributed by atoms with Crippen molar-refractivity contribution in [3.8, 4) is 11.3 Å². The Labute approximate surface area is 173 Å². The second-order valence-electron chi connectivity index (χ2n) is 7.69. The van der Waals surface area contributed by atoms with E-state index >= 15 is 0 Å². The third-order valence-electron chi connectivity index (χ3n) is 5.61. The van der Waals surface area contributed by atoms with Gasteiger partial charge in [0.1, 0.15) is 11.3 Å². The van der Waals surface area contributed by atoms with Crippen molar-refractivity contribution < 1.29 is 5.11 Å². The van der Waals surface area contributed by atoms with Gasteiger partial charge in [-0.15, -0.1) is 0 Å². The molecule has 1 aliphatic rings. The van der Waals surface area contributed by atoms with Crippen molar-refractivity contribution in [1.29, 1.82) is 0 Å². The Balaban J connectivity index is 1.50. The predicted molar refractivity (Wildman–Crippen MR) is 117 cm³/mol. The van der Waals surface area contributed by atoms with Crippen LogP contribution in [0.25, 0.3) is 28.1 Å². The van der Waals surface area contributed by atoms with Gasteiger partial charge in [-0.2, -0.15) is 0 Å². The van der Waals surface area contributed by atoms with Crippen molar-refractivity contribution in [2.75, 3.05) is 26.2 Å². The summed E-state index contributed by atoms with van der Waals surface area (Å²) < 4.78 is 3.56. The van der Waals surface area contributed by atoms with Gasteiger partial charge in [-0.05, 0) is 48.7 Å². The molecule has 7 heteroatoms. The van der Waals surface area contributed by atoms with E-state index in [1.54, 1.807) is 10.5 Å². The summed E-state index contributed by atoms with van der Waals surface area (Å²) in [5.41, 5.74) is 6.14. The molecule has 0 spiro atoms. The van der Waals surface area contributed by atoms with Gasteiger partial charge in [-0.25, -0.2) is 9.97 Å². The maximum Gasteiger partial charge on any atom is 0.258 e. The lowest BCUT2D eigenvalue weighted by molar-refractivity contribution is 0.208. The van der Waals surface area contributed by atoms with Crippen LogP contribution in [0.5, 0.6) is 0 Å². The van der Waals surface area contributed by atoms with Gasteiger partial charge in [-0.1, -0.05) is 6.08 Å². The minimum Gasteiger partial charge on any atom is -0.395 e. The highest BCUT2D eigenvalue weighted by molar-refractivity contribution is 5.68. The zero-order valence-electron chi connectivity index (χ0n) is 16.8. The molecule has 152 valence electrons. The minimum atomic E-state index is -0.0999. The van der Waals surface area contributed by atoms with E-state index in [-0.39, 0.29) is 12.2 Å². The Morgan fingerprint density at radius 2 is 1.87 bits per heavy atom. The number of aliphatic hydroxyl groups excluding tert-OH is 1. The first-order chi connectivity index (χ1) is 14.6. The van der Waals surface area contributed by atoms with Crippen LogP contribution in [0.4, 0.5) is 0 Å². The van der Waals surface area contributed by atoms with Gasteiger partial charge in [0.2, 0.25) is 0 Å². The van der Waals surface area contributed by atoms with Gasteiger partial charge in [0, 0.05) is 49.9 Å². The lowest BCUT2D eigenvalue weighted by atomic mass is 10.0. The highest BCUT2D eigenvalue weighted by atomic mass is 16.3. The first kappa shape index (κ1) is 18.7. The van der Waals surface area contributed by atoms with Crippen molar-refractivity contribution >= 4 is 16.9 Å². The summed E-state index contributed by atoms with van der Waals surface area (Å²) in [7, 11) is 0. The van der Waals surface area contributed by atoms with E-state index in [1.807, 2.05) is 54.2 Å². The van der Waals surface area contributed by atoms with Gasteiger partial charge >= 0.3 is 0 Å². The molecule has 0 saturated heterocycles. The van der Waals surface area contributed by atoms with Crippen LogP contribution in [0, 0.1) is 6.92 Å². The maximum absolute atomic E-state index is 12.9. The van der Waals surface area contributed by atoms with Crippen LogP contribution in [0.15, 0.2) is 59.8 Å². The third-order valence-corrected chi connectivity index (χ3v) is 5.61. The molecule has 1 N–H and O–H groups in total. The number of β-amino-alcohol motifs (C(OH)–C–C–N with tert-alkyl or cyclic N) is 1. The molecule has 0 aromatic carbocycles. The summed E-state index contributed by atoms with van der Waals surface area (Å²) in [6.45, 7) is 4.55. The van der Waals surface area contributed by atoms with Crippen LogP contribution in [0.1, 0.15) is 17.7 Å². The molecule has 30 heavy (non-hydrogen) atoms. The number of imidazole rings is 1. The first-order valence-electron chi connectivity index (χ1n) is 10.1. The molecule has 0 atom stereocenters. The normalized spacial score (nSPS) is 15.1. The molecule has 0 saturated carbocycles. The molecule has 0 aliphatic carbocycles. The molecular weight excluding hydrogens is 378 g/mol. The summed E-state index contributed by atoms with van der Waals surface area (Å²) in [5, 5.41) is 9.10. The number of rotatable bonds is 4. The molecule has 4 aromatic heterocycles. The average Bonchev–Trinajstić information content (AvgIpc) is 3.13. The van der Waals surface area contributed by atoms with Crippen molar-refractivity contribution in [3.63, 3.8) is 0 Å². The van der Waals surface area contributed by atoms with E-state index < -0.39 is 0 Å². The average molecular weight is 401 g/mol. The molecule has 0 radical (unpaired) electrons. The molecular formula is C23H23N5O2. The first-order valence-corrected chi connectivity index (χ1v) is 10.1. The molecule has 1 aliphatic heterocycles. The molecule has 5 heterocycles. The Morgan fingerprint density at radius 1 is 1.03 bits per heavy atom. The molecule has 5 rings (SSSR count). The number of aryl methyl sites for hydroxylation is 1. The number of nitrogens with zero attached hydrogens (tertiary/aromatic N) is 5.